The van der Waals surface area contributed by atoms with E-state index in [0.717, 1.165) is 11.3 Å². The van der Waals surface area contributed by atoms with Gasteiger partial charge in [-0.3, -0.25) is 9.30 Å². The van der Waals surface area contributed by atoms with E-state index < -0.39 is 0 Å². The summed E-state index contributed by atoms with van der Waals surface area (Å²) in [6, 6.07) is 18.3. The van der Waals surface area contributed by atoms with Crippen LogP contribution in [-0.4, -0.2) is 29.6 Å². The molecule has 2 amide bonds. The SMILES string of the molecule is CCc1nc2c(OCc3cccc(Cl)c3)cccn2c1N(C)C(=O)Nc1ccccc1OC. The molecule has 0 atom stereocenters. The van der Waals surface area contributed by atoms with E-state index in [1.807, 2.05) is 66.1 Å². The third-order valence-corrected chi connectivity index (χ3v) is 5.48. The molecule has 0 saturated heterocycles. The van der Waals surface area contributed by atoms with Crippen molar-refractivity contribution in [3.05, 3.63) is 83.1 Å². The highest BCUT2D eigenvalue weighted by Crippen LogP contribution is 2.30. The maximum Gasteiger partial charge on any atom is 0.327 e. The van der Waals surface area contributed by atoms with E-state index in [1.54, 1.807) is 31.2 Å². The van der Waals surface area contributed by atoms with Gasteiger partial charge < -0.3 is 14.8 Å². The van der Waals surface area contributed by atoms with E-state index in [4.69, 9.17) is 26.1 Å². The lowest BCUT2D eigenvalue weighted by Gasteiger charge is -2.20. The molecule has 0 unspecified atom stereocenters. The minimum atomic E-state index is -0.304. The van der Waals surface area contributed by atoms with E-state index in [1.165, 1.54) is 0 Å². The molecule has 2 aromatic heterocycles. The molecule has 1 N–H and O–H groups in total. The first-order chi connectivity index (χ1) is 16.0. The molecule has 0 saturated carbocycles. The summed E-state index contributed by atoms with van der Waals surface area (Å²) in [7, 11) is 3.28. The summed E-state index contributed by atoms with van der Waals surface area (Å²) in [5.74, 6) is 1.88. The molecule has 33 heavy (non-hydrogen) atoms. The molecule has 2 aromatic carbocycles. The number of aryl methyl sites for hydroxylation is 1. The normalized spacial score (nSPS) is 10.8. The number of methoxy groups -OCH3 is 1. The second-order valence-electron chi connectivity index (χ2n) is 7.41. The lowest BCUT2D eigenvalue weighted by Crippen LogP contribution is -2.32. The Bertz CT molecular complexity index is 1290. The highest BCUT2D eigenvalue weighted by atomic mass is 35.5. The fourth-order valence-electron chi connectivity index (χ4n) is 3.61. The van der Waals surface area contributed by atoms with Gasteiger partial charge in [-0.1, -0.05) is 42.8 Å². The van der Waals surface area contributed by atoms with Gasteiger partial charge in [0.25, 0.3) is 0 Å². The fraction of sp³-hybridized carbons (Fsp3) is 0.200. The van der Waals surface area contributed by atoms with Crippen LogP contribution in [0, 0.1) is 0 Å². The molecule has 0 aliphatic rings. The van der Waals surface area contributed by atoms with Crippen LogP contribution in [0.5, 0.6) is 11.5 Å². The van der Waals surface area contributed by atoms with Gasteiger partial charge in [0.2, 0.25) is 0 Å². The van der Waals surface area contributed by atoms with Gasteiger partial charge >= 0.3 is 6.03 Å². The Balaban J connectivity index is 1.63. The number of urea groups is 1. The molecule has 0 bridgehead atoms. The lowest BCUT2D eigenvalue weighted by molar-refractivity contribution is 0.257. The predicted octanol–water partition coefficient (Wildman–Crippen LogP) is 5.81. The second kappa shape index (κ2) is 9.83. The van der Waals surface area contributed by atoms with E-state index >= 15 is 0 Å². The number of carbonyl (C=O) groups excluding carboxylic acids is 1. The molecular weight excluding hydrogens is 440 g/mol. The number of ether oxygens (including phenoxy) is 2. The number of benzene rings is 2. The first-order valence-corrected chi connectivity index (χ1v) is 10.9. The Morgan fingerprint density at radius 3 is 2.67 bits per heavy atom. The van der Waals surface area contributed by atoms with Gasteiger partial charge in [0.05, 0.1) is 18.5 Å². The highest BCUT2D eigenvalue weighted by Gasteiger charge is 2.22. The van der Waals surface area contributed by atoms with E-state index in [-0.39, 0.29) is 6.03 Å². The van der Waals surface area contributed by atoms with Gasteiger partial charge in [0.15, 0.2) is 11.4 Å². The van der Waals surface area contributed by atoms with Gasteiger partial charge in [-0.2, -0.15) is 0 Å². The summed E-state index contributed by atoms with van der Waals surface area (Å²) >= 11 is 6.08. The van der Waals surface area contributed by atoms with Crippen LogP contribution in [0.15, 0.2) is 66.9 Å². The molecule has 0 spiro atoms. The standard InChI is InChI=1S/C25H25ClN4O3/c1-4-19-24(29(2)25(31)28-20-11-5-6-12-21(20)32-3)30-14-8-13-22(23(30)27-19)33-16-17-9-7-10-18(26)15-17/h5-15H,4,16H2,1-3H3,(H,28,31). The molecule has 2 heterocycles. The summed E-state index contributed by atoms with van der Waals surface area (Å²) in [6.45, 7) is 2.36. The van der Waals surface area contributed by atoms with Crippen LogP contribution >= 0.6 is 11.6 Å². The first-order valence-electron chi connectivity index (χ1n) is 10.6. The van der Waals surface area contributed by atoms with Crippen molar-refractivity contribution in [2.75, 3.05) is 24.4 Å². The summed E-state index contributed by atoms with van der Waals surface area (Å²) in [4.78, 5) is 19.4. The van der Waals surface area contributed by atoms with Gasteiger partial charge in [-0.15, -0.1) is 0 Å². The number of hydrogen-bond acceptors (Lipinski definition) is 4. The number of aromatic nitrogens is 2. The zero-order valence-electron chi connectivity index (χ0n) is 18.7. The number of halogens is 1. The quantitative estimate of drug-likeness (QED) is 0.375. The van der Waals surface area contributed by atoms with Crippen molar-refractivity contribution in [3.8, 4) is 11.5 Å². The van der Waals surface area contributed by atoms with Crippen molar-refractivity contribution in [1.29, 1.82) is 0 Å². The maximum atomic E-state index is 13.1. The number of imidazole rings is 1. The van der Waals surface area contributed by atoms with Crippen molar-refractivity contribution in [2.24, 2.45) is 0 Å². The van der Waals surface area contributed by atoms with Crippen LogP contribution in [-0.2, 0) is 13.0 Å². The average Bonchev–Trinajstić information content (AvgIpc) is 3.22. The fourth-order valence-corrected chi connectivity index (χ4v) is 3.83. The molecule has 4 rings (SSSR count). The molecular formula is C25H25ClN4O3. The van der Waals surface area contributed by atoms with Crippen LogP contribution in [0.1, 0.15) is 18.2 Å². The van der Waals surface area contributed by atoms with Crippen molar-refractivity contribution in [1.82, 2.24) is 9.38 Å². The van der Waals surface area contributed by atoms with Gasteiger partial charge in [-0.05, 0) is 48.4 Å². The largest absolute Gasteiger partial charge is 0.495 e. The van der Waals surface area contributed by atoms with Crippen LogP contribution in [0.3, 0.4) is 0 Å². The zero-order valence-corrected chi connectivity index (χ0v) is 19.5. The predicted molar refractivity (Wildman–Crippen MR) is 131 cm³/mol. The molecule has 8 heteroatoms. The number of pyridine rings is 1. The number of hydrogen-bond donors (Lipinski definition) is 1. The minimum Gasteiger partial charge on any atom is -0.495 e. The van der Waals surface area contributed by atoms with Crippen molar-refractivity contribution in [3.63, 3.8) is 0 Å². The van der Waals surface area contributed by atoms with Crippen molar-refractivity contribution in [2.45, 2.75) is 20.0 Å². The molecule has 0 radical (unpaired) electrons. The third kappa shape index (κ3) is 4.73. The Kier molecular flexibility index (Phi) is 6.70. The van der Waals surface area contributed by atoms with Gasteiger partial charge in [-0.25, -0.2) is 9.78 Å². The molecule has 170 valence electrons. The van der Waals surface area contributed by atoms with E-state index in [9.17, 15) is 4.79 Å². The first kappa shape index (κ1) is 22.5. The summed E-state index contributed by atoms with van der Waals surface area (Å²) in [5, 5.41) is 3.57. The number of carbonyl (C=O) groups is 1. The third-order valence-electron chi connectivity index (χ3n) is 5.25. The number of fused-ring (bicyclic) bond motifs is 1. The molecule has 4 aromatic rings. The van der Waals surface area contributed by atoms with Crippen LogP contribution in [0.2, 0.25) is 5.02 Å². The summed E-state index contributed by atoms with van der Waals surface area (Å²) in [5.41, 5.74) is 2.98. The number of rotatable bonds is 7. The van der Waals surface area contributed by atoms with Gasteiger partial charge in [0.1, 0.15) is 18.2 Å². The molecule has 0 aliphatic carbocycles. The Morgan fingerprint density at radius 2 is 1.91 bits per heavy atom. The van der Waals surface area contributed by atoms with Crippen LogP contribution in [0.25, 0.3) is 5.65 Å². The summed E-state index contributed by atoms with van der Waals surface area (Å²) in [6.07, 6.45) is 2.52. The monoisotopic (exact) mass is 464 g/mol. The van der Waals surface area contributed by atoms with Gasteiger partial charge in [0, 0.05) is 18.3 Å². The number of amides is 2. The van der Waals surface area contributed by atoms with Crippen LogP contribution in [0.4, 0.5) is 16.3 Å². The maximum absolute atomic E-state index is 13.1. The smallest absolute Gasteiger partial charge is 0.327 e. The highest BCUT2D eigenvalue weighted by molar-refractivity contribution is 6.30. The van der Waals surface area contributed by atoms with E-state index in [0.29, 0.717) is 46.7 Å². The Hall–Kier alpha value is -3.71. The Labute approximate surface area is 197 Å². The topological polar surface area (TPSA) is 68.1 Å². The molecule has 0 aliphatic heterocycles. The van der Waals surface area contributed by atoms with Crippen molar-refractivity contribution < 1.29 is 14.3 Å². The number of nitrogens with zero attached hydrogens (tertiary/aromatic N) is 3. The molecule has 7 nitrogen and oxygen atoms in total. The average molecular weight is 465 g/mol. The number of anilines is 2. The lowest BCUT2D eigenvalue weighted by atomic mass is 10.2. The Morgan fingerprint density at radius 1 is 1.12 bits per heavy atom. The van der Waals surface area contributed by atoms with E-state index in [2.05, 4.69) is 5.32 Å². The number of para-hydroxylation sites is 2. The minimum absolute atomic E-state index is 0.304. The molecule has 0 fully saturated rings. The van der Waals surface area contributed by atoms with Crippen molar-refractivity contribution >= 4 is 34.8 Å². The second-order valence-corrected chi connectivity index (χ2v) is 7.85. The zero-order chi connectivity index (χ0) is 23.4. The number of nitrogens with one attached hydrogen (secondary N) is 1. The van der Waals surface area contributed by atoms with Crippen LogP contribution < -0.4 is 19.7 Å². The summed E-state index contributed by atoms with van der Waals surface area (Å²) < 4.78 is 13.3.